The van der Waals surface area contributed by atoms with Crippen molar-refractivity contribution in [1.29, 1.82) is 0 Å². The number of halogens is 2. The summed E-state index contributed by atoms with van der Waals surface area (Å²) < 4.78 is 13.3. The maximum absolute atomic E-state index is 13.3. The molecule has 100 valence electrons. The fourth-order valence-corrected chi connectivity index (χ4v) is 2.67. The molecule has 0 saturated heterocycles. The van der Waals surface area contributed by atoms with E-state index >= 15 is 0 Å². The third-order valence-corrected chi connectivity index (χ3v) is 3.87. The molecule has 0 fully saturated rings. The molecule has 0 spiro atoms. The number of benzene rings is 2. The van der Waals surface area contributed by atoms with Crippen LogP contribution in [0.3, 0.4) is 0 Å². The van der Waals surface area contributed by atoms with E-state index in [2.05, 4.69) is 32.0 Å². The van der Waals surface area contributed by atoms with Crippen molar-refractivity contribution in [2.45, 2.75) is 32.6 Å². The second-order valence-electron chi connectivity index (χ2n) is 5.10. The number of aryl methyl sites for hydroxylation is 3. The summed E-state index contributed by atoms with van der Waals surface area (Å²) in [4.78, 5) is 0. The highest BCUT2D eigenvalue weighted by Crippen LogP contribution is 2.29. The summed E-state index contributed by atoms with van der Waals surface area (Å²) in [6.07, 6.45) is 0.722. The van der Waals surface area contributed by atoms with E-state index in [9.17, 15) is 4.39 Å². The lowest BCUT2D eigenvalue weighted by Crippen LogP contribution is -2.01. The van der Waals surface area contributed by atoms with Gasteiger partial charge in [-0.15, -0.1) is 11.6 Å². The molecule has 0 nitrogen and oxygen atoms in total. The zero-order valence-corrected chi connectivity index (χ0v) is 12.3. The number of alkyl halides is 1. The average Bonchev–Trinajstić information content (AvgIpc) is 2.36. The van der Waals surface area contributed by atoms with Gasteiger partial charge >= 0.3 is 0 Å². The Morgan fingerprint density at radius 1 is 1.00 bits per heavy atom. The van der Waals surface area contributed by atoms with Crippen LogP contribution in [0.5, 0.6) is 0 Å². The minimum atomic E-state index is -0.229. The summed E-state index contributed by atoms with van der Waals surface area (Å²) in [6, 6.07) is 11.1. The number of hydrogen-bond acceptors (Lipinski definition) is 0. The molecule has 0 aliphatic carbocycles. The molecule has 0 radical (unpaired) electrons. The van der Waals surface area contributed by atoms with Crippen molar-refractivity contribution in [2.75, 3.05) is 0 Å². The largest absolute Gasteiger partial charge is 0.207 e. The number of rotatable bonds is 3. The molecule has 0 bridgehead atoms. The third-order valence-electron chi connectivity index (χ3n) is 3.48. The van der Waals surface area contributed by atoms with Gasteiger partial charge < -0.3 is 0 Å². The van der Waals surface area contributed by atoms with Crippen molar-refractivity contribution in [3.05, 3.63) is 70.0 Å². The first kappa shape index (κ1) is 14.1. The van der Waals surface area contributed by atoms with E-state index in [1.54, 1.807) is 6.07 Å². The SMILES string of the molecule is Cc1ccc(C)c(CC(Cl)c2cc(F)ccc2C)c1. The molecular weight excluding hydrogens is 259 g/mol. The number of hydrogen-bond donors (Lipinski definition) is 0. The van der Waals surface area contributed by atoms with Gasteiger partial charge in [-0.2, -0.15) is 0 Å². The molecule has 0 saturated carbocycles. The standard InChI is InChI=1S/C17H18ClF/c1-11-4-5-12(2)14(8-11)9-17(18)16-10-15(19)7-6-13(16)3/h4-8,10,17H,9H2,1-3H3. The smallest absolute Gasteiger partial charge is 0.123 e. The molecule has 1 atom stereocenters. The fraction of sp³-hybridized carbons (Fsp3) is 0.294. The van der Waals surface area contributed by atoms with Gasteiger partial charge in [0.1, 0.15) is 5.82 Å². The van der Waals surface area contributed by atoms with Crippen molar-refractivity contribution < 1.29 is 4.39 Å². The quantitative estimate of drug-likeness (QED) is 0.670. The molecule has 0 heterocycles. The van der Waals surface area contributed by atoms with Crippen LogP contribution >= 0.6 is 11.6 Å². The van der Waals surface area contributed by atoms with Gasteiger partial charge in [0.2, 0.25) is 0 Å². The van der Waals surface area contributed by atoms with E-state index in [4.69, 9.17) is 11.6 Å². The first-order valence-electron chi connectivity index (χ1n) is 6.43. The molecule has 0 aliphatic heterocycles. The molecule has 19 heavy (non-hydrogen) atoms. The summed E-state index contributed by atoms with van der Waals surface area (Å²) >= 11 is 6.48. The highest BCUT2D eigenvalue weighted by Gasteiger charge is 2.13. The van der Waals surface area contributed by atoms with Gasteiger partial charge in [-0.3, -0.25) is 0 Å². The monoisotopic (exact) mass is 276 g/mol. The minimum Gasteiger partial charge on any atom is -0.207 e. The van der Waals surface area contributed by atoms with E-state index in [1.165, 1.54) is 28.8 Å². The Kier molecular flexibility index (Phi) is 4.26. The lowest BCUT2D eigenvalue weighted by Gasteiger charge is -2.15. The molecule has 2 rings (SSSR count). The van der Waals surface area contributed by atoms with Crippen LogP contribution in [-0.4, -0.2) is 0 Å². The zero-order chi connectivity index (χ0) is 14.0. The van der Waals surface area contributed by atoms with Gasteiger partial charge in [-0.25, -0.2) is 4.39 Å². The normalized spacial score (nSPS) is 12.5. The van der Waals surface area contributed by atoms with E-state index in [1.807, 2.05) is 6.92 Å². The molecule has 2 aromatic carbocycles. The van der Waals surface area contributed by atoms with E-state index < -0.39 is 0 Å². The summed E-state index contributed by atoms with van der Waals surface area (Å²) in [7, 11) is 0. The molecule has 0 N–H and O–H groups in total. The fourth-order valence-electron chi connectivity index (χ4n) is 2.27. The van der Waals surface area contributed by atoms with Crippen molar-refractivity contribution in [3.8, 4) is 0 Å². The lowest BCUT2D eigenvalue weighted by molar-refractivity contribution is 0.624. The van der Waals surface area contributed by atoms with Gasteiger partial charge in [-0.1, -0.05) is 29.8 Å². The van der Waals surface area contributed by atoms with E-state index in [0.29, 0.717) is 0 Å². The molecule has 2 aromatic rings. The van der Waals surface area contributed by atoms with Gasteiger partial charge in [0, 0.05) is 0 Å². The van der Waals surface area contributed by atoms with Crippen molar-refractivity contribution in [1.82, 2.24) is 0 Å². The highest BCUT2D eigenvalue weighted by atomic mass is 35.5. The van der Waals surface area contributed by atoms with Crippen LogP contribution in [0, 0.1) is 26.6 Å². The first-order chi connectivity index (χ1) is 8.97. The van der Waals surface area contributed by atoms with Gasteiger partial charge in [-0.05, 0) is 61.6 Å². The second kappa shape index (κ2) is 5.75. The Hall–Kier alpha value is -1.34. The molecule has 0 aromatic heterocycles. The van der Waals surface area contributed by atoms with Crippen LogP contribution in [-0.2, 0) is 6.42 Å². The topological polar surface area (TPSA) is 0 Å². The van der Waals surface area contributed by atoms with Crippen LogP contribution in [0.15, 0.2) is 36.4 Å². The minimum absolute atomic E-state index is 0.198. The Labute approximate surface area is 119 Å². The van der Waals surface area contributed by atoms with Gasteiger partial charge in [0.05, 0.1) is 5.38 Å². The maximum atomic E-state index is 13.3. The van der Waals surface area contributed by atoms with Gasteiger partial charge in [0.15, 0.2) is 0 Å². The highest BCUT2D eigenvalue weighted by molar-refractivity contribution is 6.21. The van der Waals surface area contributed by atoms with E-state index in [0.717, 1.165) is 17.5 Å². The van der Waals surface area contributed by atoms with Crippen LogP contribution in [0.4, 0.5) is 4.39 Å². The predicted octanol–water partition coefficient (Wildman–Crippen LogP) is 5.27. The molecular formula is C17H18ClF. The summed E-state index contributed by atoms with van der Waals surface area (Å²) in [5.74, 6) is -0.229. The van der Waals surface area contributed by atoms with Crippen LogP contribution in [0.1, 0.15) is 33.2 Å². The third kappa shape index (κ3) is 3.36. The Morgan fingerprint density at radius 3 is 2.42 bits per heavy atom. The molecule has 2 heteroatoms. The summed E-state index contributed by atoms with van der Waals surface area (Å²) in [5.41, 5.74) is 5.59. The summed E-state index contributed by atoms with van der Waals surface area (Å²) in [5, 5.41) is -0.198. The van der Waals surface area contributed by atoms with E-state index in [-0.39, 0.29) is 11.2 Å². The van der Waals surface area contributed by atoms with Crippen molar-refractivity contribution in [2.24, 2.45) is 0 Å². The van der Waals surface area contributed by atoms with Crippen LogP contribution in [0.2, 0.25) is 0 Å². The maximum Gasteiger partial charge on any atom is 0.123 e. The molecule has 0 aliphatic rings. The second-order valence-corrected chi connectivity index (χ2v) is 5.63. The molecule has 0 amide bonds. The average molecular weight is 277 g/mol. The first-order valence-corrected chi connectivity index (χ1v) is 6.87. The summed E-state index contributed by atoms with van der Waals surface area (Å²) in [6.45, 7) is 6.11. The van der Waals surface area contributed by atoms with Gasteiger partial charge in [0.25, 0.3) is 0 Å². The Morgan fingerprint density at radius 2 is 1.68 bits per heavy atom. The van der Waals surface area contributed by atoms with Crippen LogP contribution < -0.4 is 0 Å². The Balaban J connectivity index is 2.27. The van der Waals surface area contributed by atoms with Crippen molar-refractivity contribution in [3.63, 3.8) is 0 Å². The van der Waals surface area contributed by atoms with Crippen LogP contribution in [0.25, 0.3) is 0 Å². The lowest BCUT2D eigenvalue weighted by atomic mass is 9.96. The molecule has 1 unspecified atom stereocenters. The van der Waals surface area contributed by atoms with Crippen molar-refractivity contribution >= 4 is 11.6 Å². The Bertz CT molecular complexity index is 590. The predicted molar refractivity (Wildman–Crippen MR) is 79.4 cm³/mol. The zero-order valence-electron chi connectivity index (χ0n) is 11.5.